The molecule has 2 aromatic heterocycles. The number of hydrogen-bond donors (Lipinski definition) is 0. The lowest BCUT2D eigenvalue weighted by molar-refractivity contribution is 0.316. The zero-order valence-corrected chi connectivity index (χ0v) is 15.8. The third kappa shape index (κ3) is 2.93. The second-order valence-electron chi connectivity index (χ2n) is 7.94. The molecule has 0 bridgehead atoms. The summed E-state index contributed by atoms with van der Waals surface area (Å²) < 4.78 is 6.21. The molecule has 2 nitrogen and oxygen atoms in total. The summed E-state index contributed by atoms with van der Waals surface area (Å²) in [6.07, 6.45) is 8.84. The fourth-order valence-corrected chi connectivity index (χ4v) is 4.73. The van der Waals surface area contributed by atoms with E-state index in [0.29, 0.717) is 5.92 Å². The molecule has 1 fully saturated rings. The molecular formula is C25H25NO. The molecular weight excluding hydrogens is 330 g/mol. The fourth-order valence-electron chi connectivity index (χ4n) is 4.73. The summed E-state index contributed by atoms with van der Waals surface area (Å²) >= 11 is 0. The third-order valence-electron chi connectivity index (χ3n) is 6.35. The minimum atomic E-state index is 0.585. The van der Waals surface area contributed by atoms with Crippen molar-refractivity contribution in [3.05, 3.63) is 66.4 Å². The monoisotopic (exact) mass is 355 g/mol. The standard InChI is InChI=1S/C25H25NO/c1-17(18-8-3-2-4-9-18)19-14-15-26-23(16-19)22-12-7-11-21-20-10-5-6-13-24(20)27-25(21)22/h5-7,10-18H,2-4,8-9H2,1H3. The quantitative estimate of drug-likeness (QED) is 0.384. The van der Waals surface area contributed by atoms with Crippen molar-refractivity contribution in [3.63, 3.8) is 0 Å². The van der Waals surface area contributed by atoms with Gasteiger partial charge < -0.3 is 4.42 Å². The van der Waals surface area contributed by atoms with Gasteiger partial charge in [0.1, 0.15) is 11.2 Å². The summed E-state index contributed by atoms with van der Waals surface area (Å²) in [5, 5.41) is 2.33. The molecule has 1 aliphatic carbocycles. The number of fused-ring (bicyclic) bond motifs is 3. The number of hydrogen-bond acceptors (Lipinski definition) is 2. The highest BCUT2D eigenvalue weighted by Crippen LogP contribution is 2.38. The average Bonchev–Trinajstić information content (AvgIpc) is 3.13. The molecule has 0 N–H and O–H groups in total. The van der Waals surface area contributed by atoms with Crippen LogP contribution in [0.2, 0.25) is 0 Å². The molecule has 4 aromatic rings. The predicted molar refractivity (Wildman–Crippen MR) is 112 cm³/mol. The summed E-state index contributed by atoms with van der Waals surface area (Å²) in [5.41, 5.74) is 5.38. The van der Waals surface area contributed by atoms with Crippen LogP contribution < -0.4 is 0 Å². The second kappa shape index (κ2) is 6.84. The lowest BCUT2D eigenvalue weighted by atomic mass is 9.78. The van der Waals surface area contributed by atoms with Crippen LogP contribution in [0.1, 0.15) is 50.5 Å². The van der Waals surface area contributed by atoms with Crippen LogP contribution in [0.5, 0.6) is 0 Å². The molecule has 1 saturated carbocycles. The number of aromatic nitrogens is 1. The summed E-state index contributed by atoms with van der Waals surface area (Å²) in [7, 11) is 0. The Hall–Kier alpha value is -2.61. The van der Waals surface area contributed by atoms with Crippen LogP contribution in [0.15, 0.2) is 65.2 Å². The Morgan fingerprint density at radius 1 is 0.926 bits per heavy atom. The van der Waals surface area contributed by atoms with Crippen LogP contribution in [0.3, 0.4) is 0 Å². The first-order valence-corrected chi connectivity index (χ1v) is 10.2. The number of furan rings is 1. The van der Waals surface area contributed by atoms with Gasteiger partial charge >= 0.3 is 0 Å². The molecule has 0 spiro atoms. The Morgan fingerprint density at radius 3 is 2.63 bits per heavy atom. The summed E-state index contributed by atoms with van der Waals surface area (Å²) in [5.74, 6) is 1.39. The van der Waals surface area contributed by atoms with Gasteiger partial charge in [0.2, 0.25) is 0 Å². The number of nitrogens with zero attached hydrogens (tertiary/aromatic N) is 1. The van der Waals surface area contributed by atoms with Crippen LogP contribution >= 0.6 is 0 Å². The Balaban J connectivity index is 1.59. The van der Waals surface area contributed by atoms with Gasteiger partial charge in [-0.25, -0.2) is 0 Å². The van der Waals surface area contributed by atoms with Crippen molar-refractivity contribution >= 4 is 21.9 Å². The first-order valence-electron chi connectivity index (χ1n) is 10.2. The molecule has 1 unspecified atom stereocenters. The number of rotatable bonds is 3. The topological polar surface area (TPSA) is 26.0 Å². The van der Waals surface area contributed by atoms with Crippen molar-refractivity contribution in [2.45, 2.75) is 44.9 Å². The average molecular weight is 355 g/mol. The van der Waals surface area contributed by atoms with Crippen molar-refractivity contribution < 1.29 is 4.42 Å². The Bertz CT molecular complexity index is 1090. The molecule has 136 valence electrons. The van der Waals surface area contributed by atoms with E-state index in [2.05, 4.69) is 49.4 Å². The molecule has 0 radical (unpaired) electrons. The highest BCUT2D eigenvalue weighted by atomic mass is 16.3. The number of para-hydroxylation sites is 2. The van der Waals surface area contributed by atoms with Crippen LogP contribution in [0, 0.1) is 5.92 Å². The van der Waals surface area contributed by atoms with E-state index >= 15 is 0 Å². The Labute approximate surface area is 160 Å². The maximum Gasteiger partial charge on any atom is 0.144 e. The molecule has 1 atom stereocenters. The summed E-state index contributed by atoms with van der Waals surface area (Å²) in [6, 6.07) is 19.1. The maximum absolute atomic E-state index is 6.21. The zero-order valence-electron chi connectivity index (χ0n) is 15.8. The largest absolute Gasteiger partial charge is 0.455 e. The third-order valence-corrected chi connectivity index (χ3v) is 6.35. The van der Waals surface area contributed by atoms with Crippen molar-refractivity contribution in [1.82, 2.24) is 4.98 Å². The highest BCUT2D eigenvalue weighted by molar-refractivity contribution is 6.09. The van der Waals surface area contributed by atoms with Crippen LogP contribution in [0.4, 0.5) is 0 Å². The smallest absolute Gasteiger partial charge is 0.144 e. The summed E-state index contributed by atoms with van der Waals surface area (Å²) in [4.78, 5) is 4.70. The van der Waals surface area contributed by atoms with Gasteiger partial charge in [-0.2, -0.15) is 0 Å². The van der Waals surface area contributed by atoms with E-state index in [0.717, 1.165) is 33.7 Å². The van der Waals surface area contributed by atoms with E-state index in [1.165, 1.54) is 43.1 Å². The lowest BCUT2D eigenvalue weighted by Gasteiger charge is -2.28. The number of pyridine rings is 1. The van der Waals surface area contributed by atoms with E-state index in [4.69, 9.17) is 9.40 Å². The van der Waals surface area contributed by atoms with Crippen LogP contribution in [-0.4, -0.2) is 4.98 Å². The predicted octanol–water partition coefficient (Wildman–Crippen LogP) is 7.33. The van der Waals surface area contributed by atoms with Gasteiger partial charge in [0.15, 0.2) is 0 Å². The first kappa shape index (κ1) is 16.6. The van der Waals surface area contributed by atoms with Gasteiger partial charge in [-0.15, -0.1) is 0 Å². The fraction of sp³-hybridized carbons (Fsp3) is 0.320. The van der Waals surface area contributed by atoms with Crippen molar-refractivity contribution in [3.8, 4) is 11.3 Å². The van der Waals surface area contributed by atoms with E-state index in [1.54, 1.807) is 0 Å². The van der Waals surface area contributed by atoms with Gasteiger partial charge in [-0.3, -0.25) is 4.98 Å². The molecule has 2 heterocycles. The minimum absolute atomic E-state index is 0.585. The molecule has 2 heteroatoms. The van der Waals surface area contributed by atoms with E-state index in [-0.39, 0.29) is 0 Å². The maximum atomic E-state index is 6.21. The van der Waals surface area contributed by atoms with E-state index in [9.17, 15) is 0 Å². The Kier molecular flexibility index (Phi) is 4.20. The zero-order chi connectivity index (χ0) is 18.2. The van der Waals surface area contributed by atoms with Crippen LogP contribution in [0.25, 0.3) is 33.2 Å². The molecule has 0 amide bonds. The molecule has 1 aliphatic rings. The lowest BCUT2D eigenvalue weighted by Crippen LogP contribution is -2.14. The normalized spacial score (nSPS) is 16.8. The van der Waals surface area contributed by atoms with Gasteiger partial charge in [0.25, 0.3) is 0 Å². The van der Waals surface area contributed by atoms with Crippen LogP contribution in [-0.2, 0) is 0 Å². The summed E-state index contributed by atoms with van der Waals surface area (Å²) in [6.45, 7) is 2.39. The molecule has 2 aromatic carbocycles. The Morgan fingerprint density at radius 2 is 1.74 bits per heavy atom. The highest BCUT2D eigenvalue weighted by Gasteiger charge is 2.22. The minimum Gasteiger partial charge on any atom is -0.455 e. The molecule has 0 aliphatic heterocycles. The first-order chi connectivity index (χ1) is 13.3. The van der Waals surface area contributed by atoms with E-state index in [1.807, 2.05) is 18.3 Å². The van der Waals surface area contributed by atoms with Gasteiger partial charge in [0, 0.05) is 22.5 Å². The van der Waals surface area contributed by atoms with E-state index < -0.39 is 0 Å². The van der Waals surface area contributed by atoms with Crippen molar-refractivity contribution in [2.24, 2.45) is 5.92 Å². The SMILES string of the molecule is CC(c1ccnc(-c2cccc3c2oc2ccccc23)c1)C1CCCCC1. The molecule has 0 saturated heterocycles. The van der Waals surface area contributed by atoms with Crippen molar-refractivity contribution in [1.29, 1.82) is 0 Å². The molecule has 5 rings (SSSR count). The number of benzene rings is 2. The van der Waals surface area contributed by atoms with Gasteiger partial charge in [0.05, 0.1) is 5.69 Å². The van der Waals surface area contributed by atoms with Gasteiger partial charge in [-0.05, 0) is 54.5 Å². The van der Waals surface area contributed by atoms with Gasteiger partial charge in [-0.1, -0.05) is 56.5 Å². The second-order valence-corrected chi connectivity index (χ2v) is 7.94. The molecule has 27 heavy (non-hydrogen) atoms. The van der Waals surface area contributed by atoms with Crippen molar-refractivity contribution in [2.75, 3.05) is 0 Å².